The van der Waals surface area contributed by atoms with E-state index in [0.717, 1.165) is 13.1 Å². The minimum atomic E-state index is -0.620. The highest BCUT2D eigenvalue weighted by Gasteiger charge is 2.14. The second kappa shape index (κ2) is 7.69. The molecule has 1 aromatic carbocycles. The second-order valence-electron chi connectivity index (χ2n) is 5.50. The Morgan fingerprint density at radius 2 is 2.05 bits per heavy atom. The number of aliphatic hydroxyl groups excluding tert-OH is 1. The number of benzene rings is 1. The Balaban J connectivity index is 1.92. The van der Waals surface area contributed by atoms with Gasteiger partial charge in [-0.15, -0.1) is 11.3 Å². The van der Waals surface area contributed by atoms with Gasteiger partial charge in [-0.1, -0.05) is 18.2 Å². The molecule has 114 valence electrons. The van der Waals surface area contributed by atoms with Gasteiger partial charge in [-0.05, 0) is 49.4 Å². The molecule has 1 aromatic heterocycles. The zero-order valence-electron chi connectivity index (χ0n) is 12.5. The molecule has 0 saturated carbocycles. The Bertz CT molecular complexity index is 541. The summed E-state index contributed by atoms with van der Waals surface area (Å²) in [7, 11) is 0. The summed E-state index contributed by atoms with van der Waals surface area (Å²) < 4.78 is 13.2. The van der Waals surface area contributed by atoms with E-state index in [1.54, 1.807) is 23.5 Å². The van der Waals surface area contributed by atoms with Crippen molar-refractivity contribution in [1.82, 2.24) is 4.90 Å². The predicted molar refractivity (Wildman–Crippen MR) is 85.8 cm³/mol. The van der Waals surface area contributed by atoms with Crippen LogP contribution in [0.1, 0.15) is 36.8 Å². The zero-order valence-corrected chi connectivity index (χ0v) is 13.3. The number of hydrogen-bond donors (Lipinski definition) is 1. The van der Waals surface area contributed by atoms with E-state index >= 15 is 0 Å². The van der Waals surface area contributed by atoms with Crippen LogP contribution in [0, 0.1) is 5.82 Å². The molecule has 1 heterocycles. The number of nitrogens with zero attached hydrogens (tertiary/aromatic N) is 1. The first-order valence-electron chi connectivity index (χ1n) is 7.26. The van der Waals surface area contributed by atoms with Gasteiger partial charge in [-0.3, -0.25) is 4.90 Å². The molecule has 0 aliphatic heterocycles. The normalized spacial score (nSPS) is 13.0. The first-order chi connectivity index (χ1) is 10.1. The van der Waals surface area contributed by atoms with Crippen LogP contribution in [0.25, 0.3) is 0 Å². The van der Waals surface area contributed by atoms with Gasteiger partial charge in [0.2, 0.25) is 0 Å². The summed E-state index contributed by atoms with van der Waals surface area (Å²) in [6, 6.07) is 10.8. The SMILES string of the molecule is CC(C)N(CCC(O)c1cccc(F)c1)Cc1cccs1. The van der Waals surface area contributed by atoms with Crippen molar-refractivity contribution in [3.63, 3.8) is 0 Å². The van der Waals surface area contributed by atoms with Gasteiger partial charge in [0.05, 0.1) is 6.10 Å². The molecule has 0 saturated heterocycles. The van der Waals surface area contributed by atoms with Gasteiger partial charge in [-0.25, -0.2) is 4.39 Å². The van der Waals surface area contributed by atoms with Crippen LogP contribution in [0.2, 0.25) is 0 Å². The van der Waals surface area contributed by atoms with Crippen LogP contribution in [0.4, 0.5) is 4.39 Å². The number of thiophene rings is 1. The van der Waals surface area contributed by atoms with E-state index in [-0.39, 0.29) is 5.82 Å². The van der Waals surface area contributed by atoms with Crippen molar-refractivity contribution in [3.05, 3.63) is 58.0 Å². The van der Waals surface area contributed by atoms with Gasteiger partial charge < -0.3 is 5.11 Å². The van der Waals surface area contributed by atoms with Crippen LogP contribution in [0.15, 0.2) is 41.8 Å². The van der Waals surface area contributed by atoms with Crippen molar-refractivity contribution in [1.29, 1.82) is 0 Å². The molecule has 0 fully saturated rings. The molecule has 1 unspecified atom stereocenters. The third-order valence-electron chi connectivity index (χ3n) is 3.59. The summed E-state index contributed by atoms with van der Waals surface area (Å²) in [4.78, 5) is 3.65. The molecule has 2 nitrogen and oxygen atoms in total. The Hall–Kier alpha value is -1.23. The van der Waals surface area contributed by atoms with E-state index in [1.807, 2.05) is 0 Å². The quantitative estimate of drug-likeness (QED) is 0.828. The summed E-state index contributed by atoms with van der Waals surface area (Å²) in [5.41, 5.74) is 0.648. The molecule has 0 amide bonds. The van der Waals surface area contributed by atoms with E-state index in [2.05, 4.69) is 36.3 Å². The van der Waals surface area contributed by atoms with Crippen molar-refractivity contribution in [2.75, 3.05) is 6.54 Å². The van der Waals surface area contributed by atoms with Crippen LogP contribution in [-0.4, -0.2) is 22.6 Å². The van der Waals surface area contributed by atoms with Crippen molar-refractivity contribution >= 4 is 11.3 Å². The summed E-state index contributed by atoms with van der Waals surface area (Å²) >= 11 is 1.75. The Morgan fingerprint density at radius 1 is 1.24 bits per heavy atom. The van der Waals surface area contributed by atoms with Gasteiger partial charge in [0.25, 0.3) is 0 Å². The van der Waals surface area contributed by atoms with Gasteiger partial charge in [-0.2, -0.15) is 0 Å². The maximum atomic E-state index is 13.2. The largest absolute Gasteiger partial charge is 0.388 e. The third kappa shape index (κ3) is 4.92. The van der Waals surface area contributed by atoms with Crippen molar-refractivity contribution in [2.24, 2.45) is 0 Å². The van der Waals surface area contributed by atoms with Gasteiger partial charge in [0.15, 0.2) is 0 Å². The molecular weight excluding hydrogens is 285 g/mol. The highest BCUT2D eigenvalue weighted by Crippen LogP contribution is 2.20. The Morgan fingerprint density at radius 3 is 2.67 bits per heavy atom. The summed E-state index contributed by atoms with van der Waals surface area (Å²) in [6.07, 6.45) is -0.0159. The predicted octanol–water partition coefficient (Wildman–Crippen LogP) is 4.22. The van der Waals surface area contributed by atoms with E-state index in [4.69, 9.17) is 0 Å². The standard InChI is InChI=1S/C17H22FNOS/c1-13(2)19(12-16-7-4-10-21-16)9-8-17(20)14-5-3-6-15(18)11-14/h3-7,10-11,13,17,20H,8-9,12H2,1-2H3. The Labute approximate surface area is 129 Å². The number of hydrogen-bond acceptors (Lipinski definition) is 3. The van der Waals surface area contributed by atoms with E-state index in [1.165, 1.54) is 17.0 Å². The van der Waals surface area contributed by atoms with Gasteiger partial charge in [0, 0.05) is 24.0 Å². The highest BCUT2D eigenvalue weighted by molar-refractivity contribution is 7.09. The minimum absolute atomic E-state index is 0.300. The van der Waals surface area contributed by atoms with E-state index in [9.17, 15) is 9.50 Å². The molecule has 0 aliphatic rings. The molecule has 0 spiro atoms. The molecule has 0 bridgehead atoms. The smallest absolute Gasteiger partial charge is 0.123 e. The number of rotatable bonds is 7. The summed E-state index contributed by atoms with van der Waals surface area (Å²) in [5.74, 6) is -0.300. The van der Waals surface area contributed by atoms with Crippen LogP contribution < -0.4 is 0 Å². The maximum Gasteiger partial charge on any atom is 0.123 e. The van der Waals surface area contributed by atoms with E-state index in [0.29, 0.717) is 18.0 Å². The van der Waals surface area contributed by atoms with Crippen molar-refractivity contribution in [3.8, 4) is 0 Å². The van der Waals surface area contributed by atoms with Gasteiger partial charge in [0.1, 0.15) is 5.82 Å². The first-order valence-corrected chi connectivity index (χ1v) is 8.14. The molecule has 1 N–H and O–H groups in total. The minimum Gasteiger partial charge on any atom is -0.388 e. The average molecular weight is 307 g/mol. The number of aliphatic hydroxyl groups is 1. The lowest BCUT2D eigenvalue weighted by atomic mass is 10.1. The monoisotopic (exact) mass is 307 g/mol. The van der Waals surface area contributed by atoms with Crippen LogP contribution in [0.3, 0.4) is 0 Å². The molecule has 2 rings (SSSR count). The highest BCUT2D eigenvalue weighted by atomic mass is 32.1. The fourth-order valence-corrected chi connectivity index (χ4v) is 3.02. The fourth-order valence-electron chi connectivity index (χ4n) is 2.29. The topological polar surface area (TPSA) is 23.5 Å². The Kier molecular flexibility index (Phi) is 5.91. The number of halogens is 1. The summed E-state index contributed by atoms with van der Waals surface area (Å²) in [5, 5.41) is 12.3. The lowest BCUT2D eigenvalue weighted by Gasteiger charge is -2.27. The molecule has 2 aromatic rings. The van der Waals surface area contributed by atoms with Crippen molar-refractivity contribution < 1.29 is 9.50 Å². The third-order valence-corrected chi connectivity index (χ3v) is 4.45. The maximum absolute atomic E-state index is 13.2. The lowest BCUT2D eigenvalue weighted by molar-refractivity contribution is 0.127. The molecule has 1 atom stereocenters. The van der Waals surface area contributed by atoms with Gasteiger partial charge >= 0.3 is 0 Å². The van der Waals surface area contributed by atoms with Crippen LogP contribution >= 0.6 is 11.3 Å². The second-order valence-corrected chi connectivity index (χ2v) is 6.54. The lowest BCUT2D eigenvalue weighted by Crippen LogP contribution is -2.31. The first kappa shape index (κ1) is 16.1. The molecule has 0 radical (unpaired) electrons. The van der Waals surface area contributed by atoms with Crippen LogP contribution in [0.5, 0.6) is 0 Å². The fraction of sp³-hybridized carbons (Fsp3) is 0.412. The van der Waals surface area contributed by atoms with Crippen LogP contribution in [-0.2, 0) is 6.54 Å². The molecule has 4 heteroatoms. The molecule has 21 heavy (non-hydrogen) atoms. The average Bonchev–Trinajstić information content (AvgIpc) is 2.95. The molecule has 0 aliphatic carbocycles. The molecular formula is C17H22FNOS. The van der Waals surface area contributed by atoms with E-state index < -0.39 is 6.10 Å². The zero-order chi connectivity index (χ0) is 15.2. The van der Waals surface area contributed by atoms with Crippen molar-refractivity contribution in [2.45, 2.75) is 39.0 Å². The summed E-state index contributed by atoms with van der Waals surface area (Å²) in [6.45, 7) is 5.99.